The van der Waals surface area contributed by atoms with E-state index in [0.29, 0.717) is 15.4 Å². The van der Waals surface area contributed by atoms with E-state index >= 15 is 0 Å². The monoisotopic (exact) mass is 385 g/mol. The summed E-state index contributed by atoms with van der Waals surface area (Å²) in [6.45, 7) is 5.77. The summed E-state index contributed by atoms with van der Waals surface area (Å²) in [6, 6.07) is 11.9. The van der Waals surface area contributed by atoms with Crippen LogP contribution in [-0.4, -0.2) is 19.0 Å². The van der Waals surface area contributed by atoms with Gasteiger partial charge in [0.15, 0.2) is 0 Å². The largest absolute Gasteiger partial charge is 0.465 e. The van der Waals surface area contributed by atoms with Gasteiger partial charge in [-0.05, 0) is 43.5 Å². The van der Waals surface area contributed by atoms with Gasteiger partial charge in [-0.25, -0.2) is 4.79 Å². The third-order valence-electron chi connectivity index (χ3n) is 4.18. The molecule has 26 heavy (non-hydrogen) atoms. The lowest BCUT2D eigenvalue weighted by molar-refractivity contribution is 0.0601. The second kappa shape index (κ2) is 7.43. The third-order valence-corrected chi connectivity index (χ3v) is 6.59. The predicted molar refractivity (Wildman–Crippen MR) is 108 cm³/mol. The minimum Gasteiger partial charge on any atom is -0.465 e. The van der Waals surface area contributed by atoms with Gasteiger partial charge in [-0.2, -0.15) is 0 Å². The van der Waals surface area contributed by atoms with Crippen LogP contribution in [0, 0.1) is 20.8 Å². The highest BCUT2D eigenvalue weighted by Crippen LogP contribution is 2.35. The zero-order chi connectivity index (χ0) is 18.8. The molecule has 0 saturated heterocycles. The molecular weight excluding hydrogens is 366 g/mol. The first-order valence-electron chi connectivity index (χ1n) is 8.08. The summed E-state index contributed by atoms with van der Waals surface area (Å²) in [5.41, 5.74) is 3.41. The van der Waals surface area contributed by atoms with E-state index in [4.69, 9.17) is 4.74 Å². The molecule has 134 valence electrons. The molecule has 0 atom stereocenters. The Morgan fingerprint density at radius 2 is 1.73 bits per heavy atom. The van der Waals surface area contributed by atoms with Crippen molar-refractivity contribution in [2.24, 2.45) is 0 Å². The van der Waals surface area contributed by atoms with Crippen molar-refractivity contribution in [3.8, 4) is 10.4 Å². The van der Waals surface area contributed by atoms with Gasteiger partial charge in [0.2, 0.25) is 0 Å². The molecule has 6 heteroatoms. The summed E-state index contributed by atoms with van der Waals surface area (Å²) in [5, 5.41) is 3.42. The molecule has 0 fully saturated rings. The minimum absolute atomic E-state index is 0.216. The molecule has 0 bridgehead atoms. The van der Waals surface area contributed by atoms with E-state index in [-0.39, 0.29) is 5.91 Å². The summed E-state index contributed by atoms with van der Waals surface area (Å²) >= 11 is 2.83. The second-order valence-corrected chi connectivity index (χ2v) is 8.20. The molecule has 1 aromatic carbocycles. The van der Waals surface area contributed by atoms with Crippen LogP contribution in [0.25, 0.3) is 10.4 Å². The van der Waals surface area contributed by atoms with Crippen LogP contribution in [-0.2, 0) is 4.74 Å². The fourth-order valence-electron chi connectivity index (χ4n) is 2.70. The Morgan fingerprint density at radius 1 is 1.04 bits per heavy atom. The number of methoxy groups -OCH3 is 1. The van der Waals surface area contributed by atoms with E-state index in [1.807, 2.05) is 57.2 Å². The zero-order valence-electron chi connectivity index (χ0n) is 15.0. The molecule has 1 amide bonds. The van der Waals surface area contributed by atoms with Crippen molar-refractivity contribution in [2.75, 3.05) is 12.4 Å². The molecule has 3 rings (SSSR count). The molecule has 0 spiro atoms. The predicted octanol–water partition coefficient (Wildman–Crippen LogP) is 5.44. The first-order chi connectivity index (χ1) is 12.4. The zero-order valence-corrected chi connectivity index (χ0v) is 16.6. The summed E-state index contributed by atoms with van der Waals surface area (Å²) < 4.78 is 4.86. The number of hydrogen-bond donors (Lipinski definition) is 1. The van der Waals surface area contributed by atoms with Gasteiger partial charge in [-0.15, -0.1) is 22.7 Å². The highest BCUT2D eigenvalue weighted by Gasteiger charge is 2.23. The maximum Gasteiger partial charge on any atom is 0.341 e. The van der Waals surface area contributed by atoms with E-state index in [9.17, 15) is 9.59 Å². The van der Waals surface area contributed by atoms with Crippen molar-refractivity contribution >= 4 is 39.6 Å². The molecular formula is C20H19NO3S2. The van der Waals surface area contributed by atoms with Gasteiger partial charge in [-0.1, -0.05) is 30.3 Å². The SMILES string of the molecule is COC(=O)c1c(NC(=O)c2cc(C)c(-c3ccccc3)s2)sc(C)c1C. The fourth-order valence-corrected chi connectivity index (χ4v) is 4.81. The Bertz CT molecular complexity index is 971. The Labute approximate surface area is 160 Å². The van der Waals surface area contributed by atoms with Crippen molar-refractivity contribution in [2.45, 2.75) is 20.8 Å². The van der Waals surface area contributed by atoms with Crippen LogP contribution in [0.4, 0.5) is 5.00 Å². The van der Waals surface area contributed by atoms with Gasteiger partial charge in [0.1, 0.15) is 5.00 Å². The van der Waals surface area contributed by atoms with E-state index in [0.717, 1.165) is 26.4 Å². The number of benzene rings is 1. The molecule has 0 radical (unpaired) electrons. The van der Waals surface area contributed by atoms with Crippen molar-refractivity contribution in [1.82, 2.24) is 0 Å². The van der Waals surface area contributed by atoms with Crippen molar-refractivity contribution in [3.63, 3.8) is 0 Å². The Morgan fingerprint density at radius 3 is 2.38 bits per heavy atom. The van der Waals surface area contributed by atoms with Crippen LogP contribution in [0.5, 0.6) is 0 Å². The first kappa shape index (κ1) is 18.4. The molecule has 4 nitrogen and oxygen atoms in total. The summed E-state index contributed by atoms with van der Waals surface area (Å²) in [5.74, 6) is -0.652. The van der Waals surface area contributed by atoms with E-state index in [1.165, 1.54) is 29.8 Å². The highest BCUT2D eigenvalue weighted by molar-refractivity contribution is 7.18. The topological polar surface area (TPSA) is 55.4 Å². The van der Waals surface area contributed by atoms with Crippen molar-refractivity contribution in [1.29, 1.82) is 0 Å². The van der Waals surface area contributed by atoms with Crippen LogP contribution < -0.4 is 5.32 Å². The minimum atomic E-state index is -0.436. The van der Waals surface area contributed by atoms with Crippen LogP contribution >= 0.6 is 22.7 Å². The van der Waals surface area contributed by atoms with Crippen molar-refractivity contribution < 1.29 is 14.3 Å². The molecule has 2 aromatic heterocycles. The summed E-state index contributed by atoms with van der Waals surface area (Å²) in [7, 11) is 1.34. The Kier molecular flexibility index (Phi) is 5.25. The van der Waals surface area contributed by atoms with Crippen LogP contribution in [0.1, 0.15) is 36.0 Å². The molecule has 0 aliphatic rings. The first-order valence-corrected chi connectivity index (χ1v) is 9.71. The normalized spacial score (nSPS) is 10.6. The molecule has 1 N–H and O–H groups in total. The van der Waals surface area contributed by atoms with Gasteiger partial charge in [-0.3, -0.25) is 4.79 Å². The average molecular weight is 386 g/mol. The number of amides is 1. The summed E-state index contributed by atoms with van der Waals surface area (Å²) in [4.78, 5) is 27.5. The van der Waals surface area contributed by atoms with E-state index in [1.54, 1.807) is 0 Å². The van der Waals surface area contributed by atoms with Gasteiger partial charge in [0, 0.05) is 9.75 Å². The summed E-state index contributed by atoms with van der Waals surface area (Å²) in [6.07, 6.45) is 0. The number of rotatable bonds is 4. The Balaban J connectivity index is 1.91. The number of aryl methyl sites for hydroxylation is 2. The lowest BCUT2D eigenvalue weighted by Gasteiger charge is -2.05. The molecule has 0 saturated carbocycles. The highest BCUT2D eigenvalue weighted by atomic mass is 32.1. The number of nitrogens with one attached hydrogen (secondary N) is 1. The quantitative estimate of drug-likeness (QED) is 0.608. The van der Waals surface area contributed by atoms with Crippen LogP contribution in [0.3, 0.4) is 0 Å². The number of carbonyl (C=O) groups is 2. The van der Waals surface area contributed by atoms with Gasteiger partial charge < -0.3 is 10.1 Å². The van der Waals surface area contributed by atoms with Crippen LogP contribution in [0.2, 0.25) is 0 Å². The number of anilines is 1. The fraction of sp³-hybridized carbons (Fsp3) is 0.200. The number of carbonyl (C=O) groups excluding carboxylic acids is 2. The lowest BCUT2D eigenvalue weighted by Crippen LogP contribution is -2.13. The number of thiophene rings is 2. The molecule has 2 heterocycles. The smallest absolute Gasteiger partial charge is 0.341 e. The number of ether oxygens (including phenoxy) is 1. The Hall–Kier alpha value is -2.44. The lowest BCUT2D eigenvalue weighted by atomic mass is 10.1. The number of hydrogen-bond acceptors (Lipinski definition) is 5. The van der Waals surface area contributed by atoms with E-state index < -0.39 is 5.97 Å². The van der Waals surface area contributed by atoms with Crippen molar-refractivity contribution in [3.05, 3.63) is 62.8 Å². The van der Waals surface area contributed by atoms with Gasteiger partial charge in [0.05, 0.1) is 17.6 Å². The second-order valence-electron chi connectivity index (χ2n) is 5.92. The van der Waals surface area contributed by atoms with Crippen LogP contribution in [0.15, 0.2) is 36.4 Å². The van der Waals surface area contributed by atoms with E-state index in [2.05, 4.69) is 5.32 Å². The maximum absolute atomic E-state index is 12.7. The molecule has 0 aliphatic heterocycles. The maximum atomic E-state index is 12.7. The van der Waals surface area contributed by atoms with Gasteiger partial charge in [0.25, 0.3) is 5.91 Å². The molecule has 0 aliphatic carbocycles. The standard InChI is InChI=1S/C20H19NO3S2/c1-11-10-15(26-17(11)14-8-6-5-7-9-14)18(22)21-19-16(20(23)24-4)12(2)13(3)25-19/h5-10H,1-4H3,(H,21,22). The number of esters is 1. The molecule has 0 unspecified atom stereocenters. The third kappa shape index (κ3) is 3.43. The molecule has 3 aromatic rings. The van der Waals surface area contributed by atoms with Gasteiger partial charge >= 0.3 is 5.97 Å². The average Bonchev–Trinajstić information content (AvgIpc) is 3.15.